The SMILES string of the molecule is Oc1cc2c(Nc3ccc(Cl)cc3Cl)ncnc2cc1O[C@@H]1COC2CCOC21. The summed E-state index contributed by atoms with van der Waals surface area (Å²) in [5.74, 6) is 0.819. The Morgan fingerprint density at radius 3 is 2.90 bits per heavy atom. The second-order valence-electron chi connectivity index (χ2n) is 6.96. The molecule has 0 amide bonds. The number of halogens is 2. The first-order valence-electron chi connectivity index (χ1n) is 9.18. The molecule has 0 spiro atoms. The third kappa shape index (κ3) is 3.55. The predicted octanol–water partition coefficient (Wildman–Crippen LogP) is 4.32. The molecule has 2 aromatic carbocycles. The van der Waals surface area contributed by atoms with Gasteiger partial charge in [0.1, 0.15) is 18.2 Å². The van der Waals surface area contributed by atoms with Gasteiger partial charge in [0.2, 0.25) is 0 Å². The number of rotatable bonds is 4. The number of hydrogen-bond donors (Lipinski definition) is 2. The summed E-state index contributed by atoms with van der Waals surface area (Å²) < 4.78 is 17.4. The monoisotopic (exact) mass is 433 g/mol. The fourth-order valence-electron chi connectivity index (χ4n) is 3.68. The minimum Gasteiger partial charge on any atom is -0.504 e. The summed E-state index contributed by atoms with van der Waals surface area (Å²) in [7, 11) is 0. The van der Waals surface area contributed by atoms with E-state index in [2.05, 4.69) is 15.3 Å². The second-order valence-corrected chi connectivity index (χ2v) is 7.80. The highest BCUT2D eigenvalue weighted by Crippen LogP contribution is 2.37. The largest absolute Gasteiger partial charge is 0.504 e. The molecule has 2 N–H and O–H groups in total. The maximum absolute atomic E-state index is 10.6. The Morgan fingerprint density at radius 2 is 2.03 bits per heavy atom. The number of benzene rings is 2. The van der Waals surface area contributed by atoms with E-state index in [0.717, 1.165) is 6.42 Å². The molecule has 3 atom stereocenters. The molecule has 0 radical (unpaired) electrons. The van der Waals surface area contributed by atoms with Gasteiger partial charge in [-0.1, -0.05) is 23.2 Å². The Bertz CT molecular complexity index is 1080. The number of phenolic OH excluding ortho intramolecular Hbond substituents is 1. The molecule has 2 saturated heterocycles. The maximum Gasteiger partial charge on any atom is 0.163 e. The molecule has 9 heteroatoms. The topological polar surface area (TPSA) is 85.7 Å². The molecule has 0 aliphatic carbocycles. The molecule has 150 valence electrons. The summed E-state index contributed by atoms with van der Waals surface area (Å²) in [6.07, 6.45) is 1.98. The van der Waals surface area contributed by atoms with Crippen LogP contribution in [-0.2, 0) is 9.47 Å². The van der Waals surface area contributed by atoms with Gasteiger partial charge < -0.3 is 24.6 Å². The van der Waals surface area contributed by atoms with E-state index in [-0.39, 0.29) is 24.1 Å². The number of ether oxygens (including phenoxy) is 3. The van der Waals surface area contributed by atoms with Crippen LogP contribution < -0.4 is 10.1 Å². The minimum atomic E-state index is -0.266. The van der Waals surface area contributed by atoms with Crippen LogP contribution in [0.3, 0.4) is 0 Å². The van der Waals surface area contributed by atoms with Crippen molar-refractivity contribution in [1.29, 1.82) is 0 Å². The smallest absolute Gasteiger partial charge is 0.163 e. The lowest BCUT2D eigenvalue weighted by Crippen LogP contribution is -2.32. The van der Waals surface area contributed by atoms with Crippen molar-refractivity contribution in [2.24, 2.45) is 0 Å². The quantitative estimate of drug-likeness (QED) is 0.633. The van der Waals surface area contributed by atoms with Gasteiger partial charge in [-0.2, -0.15) is 0 Å². The van der Waals surface area contributed by atoms with Crippen LogP contribution in [0.4, 0.5) is 11.5 Å². The van der Waals surface area contributed by atoms with Gasteiger partial charge in [-0.25, -0.2) is 9.97 Å². The molecule has 1 aromatic heterocycles. The zero-order chi connectivity index (χ0) is 20.0. The van der Waals surface area contributed by atoms with E-state index in [0.29, 0.717) is 51.4 Å². The van der Waals surface area contributed by atoms with Gasteiger partial charge in [-0.15, -0.1) is 0 Å². The van der Waals surface area contributed by atoms with Crippen molar-refractivity contribution in [3.8, 4) is 11.5 Å². The van der Waals surface area contributed by atoms with Gasteiger partial charge in [-0.05, 0) is 30.7 Å². The van der Waals surface area contributed by atoms with Crippen LogP contribution in [0.15, 0.2) is 36.7 Å². The molecule has 2 unspecified atom stereocenters. The Balaban J connectivity index is 1.45. The maximum atomic E-state index is 10.6. The van der Waals surface area contributed by atoms with E-state index in [1.807, 2.05) is 0 Å². The first-order valence-corrected chi connectivity index (χ1v) is 9.94. The molecule has 3 aromatic rings. The molecule has 0 saturated carbocycles. The number of nitrogens with zero attached hydrogens (tertiary/aromatic N) is 2. The summed E-state index contributed by atoms with van der Waals surface area (Å²) in [5, 5.41) is 15.3. The molecular weight excluding hydrogens is 417 g/mol. The number of nitrogens with one attached hydrogen (secondary N) is 1. The highest BCUT2D eigenvalue weighted by Gasteiger charge is 2.43. The Kier molecular flexibility index (Phi) is 4.83. The van der Waals surface area contributed by atoms with E-state index in [1.54, 1.807) is 30.3 Å². The van der Waals surface area contributed by atoms with Crippen molar-refractivity contribution in [3.05, 3.63) is 46.7 Å². The molecule has 29 heavy (non-hydrogen) atoms. The molecular formula is C20H17Cl2N3O4. The highest BCUT2D eigenvalue weighted by atomic mass is 35.5. The number of fused-ring (bicyclic) bond motifs is 2. The minimum absolute atomic E-state index is 0.0148. The molecule has 2 aliphatic heterocycles. The van der Waals surface area contributed by atoms with E-state index >= 15 is 0 Å². The van der Waals surface area contributed by atoms with Crippen LogP contribution in [0.1, 0.15) is 6.42 Å². The molecule has 7 nitrogen and oxygen atoms in total. The van der Waals surface area contributed by atoms with Gasteiger partial charge in [0, 0.05) is 23.1 Å². The van der Waals surface area contributed by atoms with Crippen LogP contribution in [0.25, 0.3) is 10.9 Å². The van der Waals surface area contributed by atoms with Gasteiger partial charge in [0.25, 0.3) is 0 Å². The summed E-state index contributed by atoms with van der Waals surface area (Å²) >= 11 is 12.2. The van der Waals surface area contributed by atoms with Crippen molar-refractivity contribution in [2.75, 3.05) is 18.5 Å². The average molecular weight is 434 g/mol. The van der Waals surface area contributed by atoms with E-state index < -0.39 is 0 Å². The van der Waals surface area contributed by atoms with Crippen molar-refractivity contribution in [3.63, 3.8) is 0 Å². The number of phenols is 1. The molecule has 2 aliphatic rings. The third-order valence-corrected chi connectivity index (χ3v) is 5.65. The van der Waals surface area contributed by atoms with Gasteiger partial charge in [-0.3, -0.25) is 0 Å². The first kappa shape index (κ1) is 18.7. The van der Waals surface area contributed by atoms with E-state index in [4.69, 9.17) is 37.4 Å². The van der Waals surface area contributed by atoms with Crippen LogP contribution in [0, 0.1) is 0 Å². The van der Waals surface area contributed by atoms with Gasteiger partial charge >= 0.3 is 0 Å². The molecule has 3 heterocycles. The Hall–Kier alpha value is -2.32. The zero-order valence-corrected chi connectivity index (χ0v) is 16.7. The van der Waals surface area contributed by atoms with E-state index in [1.165, 1.54) is 6.33 Å². The first-order chi connectivity index (χ1) is 14.1. The summed E-state index contributed by atoms with van der Waals surface area (Å²) in [6.45, 7) is 1.09. The van der Waals surface area contributed by atoms with Crippen molar-refractivity contribution >= 4 is 45.6 Å². The number of aromatic nitrogens is 2. The van der Waals surface area contributed by atoms with Crippen molar-refractivity contribution < 1.29 is 19.3 Å². The van der Waals surface area contributed by atoms with Crippen molar-refractivity contribution in [2.45, 2.75) is 24.7 Å². The second kappa shape index (κ2) is 7.50. The fraction of sp³-hybridized carbons (Fsp3) is 0.300. The third-order valence-electron chi connectivity index (χ3n) is 5.10. The normalized spacial score (nSPS) is 23.3. The summed E-state index contributed by atoms with van der Waals surface area (Å²) in [6, 6.07) is 8.38. The number of anilines is 2. The number of aromatic hydroxyl groups is 1. The van der Waals surface area contributed by atoms with Gasteiger partial charge in [0.05, 0.1) is 28.9 Å². The zero-order valence-electron chi connectivity index (χ0n) is 15.1. The van der Waals surface area contributed by atoms with Crippen LogP contribution in [0.2, 0.25) is 10.0 Å². The highest BCUT2D eigenvalue weighted by molar-refractivity contribution is 6.36. The lowest BCUT2D eigenvalue weighted by atomic mass is 10.1. The Labute approximate surface area is 176 Å². The lowest BCUT2D eigenvalue weighted by molar-refractivity contribution is 0.0299. The molecule has 2 fully saturated rings. The lowest BCUT2D eigenvalue weighted by Gasteiger charge is -2.19. The standard InChI is InChI=1S/C20H17Cl2N3O4/c21-10-1-2-13(12(22)5-10)25-20-11-6-15(26)17(7-14(11)23-9-24-20)29-18-8-28-16-3-4-27-19(16)18/h1-2,5-7,9,16,18-19,26H,3-4,8H2,(H,23,24,25)/t16?,18-,19?/m1/s1. The van der Waals surface area contributed by atoms with Crippen LogP contribution in [0.5, 0.6) is 11.5 Å². The predicted molar refractivity (Wildman–Crippen MR) is 109 cm³/mol. The molecule has 5 rings (SSSR count). The van der Waals surface area contributed by atoms with E-state index in [9.17, 15) is 5.11 Å². The molecule has 0 bridgehead atoms. The fourth-order valence-corrected chi connectivity index (χ4v) is 4.13. The van der Waals surface area contributed by atoms with Crippen molar-refractivity contribution in [1.82, 2.24) is 9.97 Å². The Morgan fingerprint density at radius 1 is 1.14 bits per heavy atom. The summed E-state index contributed by atoms with van der Waals surface area (Å²) in [4.78, 5) is 8.58. The van der Waals surface area contributed by atoms with Crippen LogP contribution in [-0.4, -0.2) is 46.6 Å². The average Bonchev–Trinajstić information content (AvgIpc) is 3.30. The van der Waals surface area contributed by atoms with Gasteiger partial charge in [0.15, 0.2) is 17.6 Å². The summed E-state index contributed by atoms with van der Waals surface area (Å²) in [5.41, 5.74) is 1.26. The number of hydrogen-bond acceptors (Lipinski definition) is 7. The van der Waals surface area contributed by atoms with Crippen LogP contribution >= 0.6 is 23.2 Å².